The van der Waals surface area contributed by atoms with Gasteiger partial charge >= 0.3 is 24.4 Å². The number of H-pyrrole nitrogens is 2. The third-order valence-electron chi connectivity index (χ3n) is 18.1. The number of ether oxygens (including phenoxy) is 4. The van der Waals surface area contributed by atoms with Gasteiger partial charge in [0.25, 0.3) is 5.91 Å². The van der Waals surface area contributed by atoms with E-state index in [2.05, 4.69) is 32.7 Å². The van der Waals surface area contributed by atoms with Crippen LogP contribution in [-0.2, 0) is 33.4 Å². The van der Waals surface area contributed by atoms with Gasteiger partial charge in [-0.2, -0.15) is 0 Å². The Bertz CT molecular complexity index is 3710. The number of likely N-dealkylation sites (tertiary alicyclic amines) is 4. The number of nitrogens with zero attached hydrogens (tertiary/aromatic N) is 6. The van der Waals surface area contributed by atoms with E-state index in [1.54, 1.807) is 50.4 Å². The van der Waals surface area contributed by atoms with Crippen molar-refractivity contribution in [2.24, 2.45) is 5.92 Å². The largest absolute Gasteiger partial charge is 0.444 e. The van der Waals surface area contributed by atoms with Gasteiger partial charge in [0.05, 0.1) is 35.7 Å². The number of amides is 6. The number of aromatic nitrogens is 4. The van der Waals surface area contributed by atoms with Crippen molar-refractivity contribution in [2.75, 3.05) is 50.8 Å². The van der Waals surface area contributed by atoms with Crippen LogP contribution in [0.15, 0.2) is 109 Å². The molecule has 0 spiro atoms. The van der Waals surface area contributed by atoms with Crippen molar-refractivity contribution in [3.05, 3.63) is 127 Å². The molecule has 5 unspecified atom stereocenters. The minimum Gasteiger partial charge on any atom is -0.444 e. The van der Waals surface area contributed by atoms with E-state index in [1.165, 1.54) is 0 Å². The van der Waals surface area contributed by atoms with E-state index >= 15 is 0 Å². The van der Waals surface area contributed by atoms with Crippen LogP contribution < -0.4 is 10.6 Å². The first-order valence-corrected chi connectivity index (χ1v) is 34.5. The number of fused-ring (bicyclic) bond motifs is 1. The van der Waals surface area contributed by atoms with Gasteiger partial charge in [0.15, 0.2) is 0 Å². The highest BCUT2D eigenvalue weighted by molar-refractivity contribution is 8.08. The summed E-state index contributed by atoms with van der Waals surface area (Å²) >= 11 is 3.34. The number of rotatable bonds is 17. The first kappa shape index (κ1) is 66.5. The van der Waals surface area contributed by atoms with Crippen LogP contribution in [0.25, 0.3) is 44.8 Å². The van der Waals surface area contributed by atoms with Gasteiger partial charge in [0.2, 0.25) is 5.91 Å². The molecule has 93 heavy (non-hydrogen) atoms. The number of hydrogen-bond donors (Lipinski definition) is 4. The number of anilines is 1. The minimum atomic E-state index is -0.897. The predicted molar refractivity (Wildman–Crippen MR) is 362 cm³/mol. The minimum absolute atomic E-state index is 0.00123. The second-order valence-corrected chi connectivity index (χ2v) is 30.8. The fourth-order valence-corrected chi connectivity index (χ4v) is 15.4. The van der Waals surface area contributed by atoms with Gasteiger partial charge in [-0.25, -0.2) is 29.1 Å². The van der Waals surface area contributed by atoms with E-state index in [0.717, 1.165) is 94.9 Å². The summed E-state index contributed by atoms with van der Waals surface area (Å²) in [6.45, 7) is 21.3. The lowest BCUT2D eigenvalue weighted by molar-refractivity contribution is -0.119. The maximum Gasteiger partial charge on any atom is 0.411 e. The smallest absolute Gasteiger partial charge is 0.411 e. The average Bonchev–Trinajstić information content (AvgIpc) is 1.55. The molecule has 0 saturated carbocycles. The summed E-state index contributed by atoms with van der Waals surface area (Å²) in [7, 11) is 0. The Morgan fingerprint density at radius 2 is 1.09 bits per heavy atom. The molecule has 7 heterocycles. The summed E-state index contributed by atoms with van der Waals surface area (Å²) in [4.78, 5) is 103. The zero-order valence-electron chi connectivity index (χ0n) is 55.3. The van der Waals surface area contributed by atoms with Crippen molar-refractivity contribution < 1.29 is 47.7 Å². The van der Waals surface area contributed by atoms with Crippen molar-refractivity contribution in [2.45, 2.75) is 170 Å². The summed E-state index contributed by atoms with van der Waals surface area (Å²) in [5, 5.41) is 6.08. The molecule has 0 aliphatic carbocycles. The van der Waals surface area contributed by atoms with E-state index in [0.29, 0.717) is 56.7 Å². The van der Waals surface area contributed by atoms with Crippen LogP contribution in [0.2, 0.25) is 0 Å². The second-order valence-electron chi connectivity index (χ2n) is 28.3. The quantitative estimate of drug-likeness (QED) is 0.0491. The molecule has 4 N–H and O–H groups in total. The number of carbonyl (C=O) groups excluding carboxylic acids is 6. The number of imidazole rings is 2. The molecule has 5 aliphatic heterocycles. The van der Waals surface area contributed by atoms with Crippen molar-refractivity contribution in [3.63, 3.8) is 0 Å². The van der Waals surface area contributed by atoms with Crippen LogP contribution >= 0.6 is 23.5 Å². The summed E-state index contributed by atoms with van der Waals surface area (Å²) in [5.41, 5.74) is 5.85. The molecule has 0 bridgehead atoms. The van der Waals surface area contributed by atoms with Crippen molar-refractivity contribution >= 4 is 65.4 Å². The van der Waals surface area contributed by atoms with Gasteiger partial charge in [0, 0.05) is 50.5 Å². The summed E-state index contributed by atoms with van der Waals surface area (Å²) in [5.74, 6) is 0.784. The summed E-state index contributed by atoms with van der Waals surface area (Å²) in [6.07, 6.45) is 10.3. The molecule has 20 nitrogen and oxygen atoms in total. The molecule has 494 valence electrons. The van der Waals surface area contributed by atoms with Crippen molar-refractivity contribution in [1.82, 2.24) is 44.9 Å². The highest BCUT2D eigenvalue weighted by Gasteiger charge is 2.65. The van der Waals surface area contributed by atoms with Crippen LogP contribution in [-0.4, -0.2) is 155 Å². The van der Waals surface area contributed by atoms with Gasteiger partial charge in [0.1, 0.15) is 49.0 Å². The van der Waals surface area contributed by atoms with E-state index in [4.69, 9.17) is 28.9 Å². The van der Waals surface area contributed by atoms with Crippen LogP contribution in [0.1, 0.15) is 149 Å². The highest BCUT2D eigenvalue weighted by atomic mass is 32.2. The molecule has 11 rings (SSSR count). The number of thioether (sulfide) groups is 2. The fourth-order valence-electron chi connectivity index (χ4n) is 12.9. The molecule has 22 heteroatoms. The van der Waals surface area contributed by atoms with Crippen LogP contribution in [0.5, 0.6) is 0 Å². The molecule has 5 saturated heterocycles. The predicted octanol–water partition coefficient (Wildman–Crippen LogP) is 14.4. The standard InChI is InChI=1S/C71H88N10O10S2/c1-66(2,3)88-64(86)80-38-13-33-70(61(80)93-70)59-73-42-55(76-59)49-22-16-45(17-23-49)47-20-26-51(27-21-47)57(82)72-41-54-15-12-37-79(54)63(85)91-69(9,10)36-35-68(7,8)90-62(84)78-40-32-52(44-78)58(83)75-53-30-28-48(29-31-53)46-18-24-50(25-19-46)56-43-74-60(77-56)71(92-11)34-14-39-81(71)65(87)89-67(4,5)6/h16-31,42-43,52,54,61H,12-15,32-41,44H2,1-11H3,(H,72,82)(H,73,76)(H,74,77)(H,75,83). The molecule has 5 aliphatic rings. The number of aromatic amines is 2. The van der Waals surface area contributed by atoms with E-state index in [1.807, 2.05) is 166 Å². The molecule has 5 atom stereocenters. The van der Waals surface area contributed by atoms with Crippen molar-refractivity contribution in [3.8, 4) is 44.8 Å². The second kappa shape index (κ2) is 26.4. The number of piperidine rings is 1. The van der Waals surface area contributed by atoms with Crippen LogP contribution in [0, 0.1) is 5.92 Å². The Hall–Kier alpha value is -7.98. The lowest BCUT2D eigenvalue weighted by atomic mass is 9.94. The van der Waals surface area contributed by atoms with Crippen molar-refractivity contribution in [1.29, 1.82) is 0 Å². The average molecular weight is 1310 g/mol. The van der Waals surface area contributed by atoms with Gasteiger partial charge in [-0.05, 0) is 191 Å². The Labute approximate surface area is 553 Å². The molecular formula is C71H88N10O10S2. The number of hydrogen-bond acceptors (Lipinski definition) is 14. The molecule has 6 aromatic rings. The normalized spacial score (nSPS) is 21.5. The maximum atomic E-state index is 13.7. The van der Waals surface area contributed by atoms with E-state index in [9.17, 15) is 28.8 Å². The topological polar surface area (TPSA) is 234 Å². The zero-order chi connectivity index (χ0) is 66.3. The maximum absolute atomic E-state index is 13.7. The number of carbonyl (C=O) groups is 6. The molecule has 0 radical (unpaired) electrons. The third-order valence-corrected chi connectivity index (χ3v) is 21.0. The SMILES string of the molecule is CSC1(c2ncc(-c3ccc(-c4ccc(NC(=O)C5CCN(C(=O)OC(C)(C)CCC(C)(C)OC(=O)N6CCCC6CNC(=O)c6ccc(-c7ccc(-c8cnc(C9%10CCCN(C(=O)OC(C)(C)C)C9S%10)[nH]8)cc7)cc6)C5)cc4)cc3)[nH]2)CCCN1C(=O)OC(C)(C)C. The zero-order valence-corrected chi connectivity index (χ0v) is 56.9. The molecule has 4 aromatic carbocycles. The third kappa shape index (κ3) is 15.2. The van der Waals surface area contributed by atoms with Crippen LogP contribution in [0.4, 0.5) is 24.9 Å². The fraction of sp³-hybridized carbons (Fsp3) is 0.493. The monoisotopic (exact) mass is 1300 g/mol. The van der Waals surface area contributed by atoms with E-state index < -0.39 is 45.4 Å². The molecule has 2 aromatic heterocycles. The molecule has 6 amide bonds. The lowest BCUT2D eigenvalue weighted by Crippen LogP contribution is -2.46. The first-order chi connectivity index (χ1) is 44.1. The summed E-state index contributed by atoms with van der Waals surface area (Å²) < 4.78 is 23.3. The number of benzene rings is 4. The Balaban J connectivity index is 0.592. The Morgan fingerprint density at radius 3 is 1.68 bits per heavy atom. The highest BCUT2D eigenvalue weighted by Crippen LogP contribution is 2.66. The Morgan fingerprint density at radius 1 is 0.581 bits per heavy atom. The Kier molecular flexibility index (Phi) is 18.9. The van der Waals surface area contributed by atoms with Gasteiger partial charge in [-0.1, -0.05) is 72.8 Å². The van der Waals surface area contributed by atoms with Gasteiger partial charge < -0.3 is 49.3 Å². The lowest BCUT2D eigenvalue weighted by Gasteiger charge is -2.36. The van der Waals surface area contributed by atoms with E-state index in [-0.39, 0.29) is 53.3 Å². The van der Waals surface area contributed by atoms with Crippen LogP contribution in [0.3, 0.4) is 0 Å². The first-order valence-electron chi connectivity index (χ1n) is 32.4. The summed E-state index contributed by atoms with van der Waals surface area (Å²) in [6, 6.07) is 31.3. The van der Waals surface area contributed by atoms with Gasteiger partial charge in [-0.15, -0.1) is 23.5 Å². The number of nitrogens with one attached hydrogen (secondary N) is 4. The molecule has 5 fully saturated rings. The van der Waals surface area contributed by atoms with Gasteiger partial charge in [-0.3, -0.25) is 19.4 Å². The molecular weight excluding hydrogens is 1220 g/mol.